The van der Waals surface area contributed by atoms with Crippen LogP contribution in [0.4, 0.5) is 18.9 Å². The van der Waals surface area contributed by atoms with Crippen molar-refractivity contribution in [3.8, 4) is 0 Å². The fraction of sp³-hybridized carbons (Fsp3) is 0.292. The minimum absolute atomic E-state index is 0.153. The topological polar surface area (TPSA) is 74.2 Å². The quantitative estimate of drug-likeness (QED) is 0.498. The van der Waals surface area contributed by atoms with Gasteiger partial charge in [0.05, 0.1) is 11.9 Å². The van der Waals surface area contributed by atoms with Gasteiger partial charge in [0.25, 0.3) is 5.56 Å². The number of aromatic amines is 1. The predicted molar refractivity (Wildman–Crippen MR) is 123 cm³/mol. The van der Waals surface area contributed by atoms with E-state index in [1.165, 1.54) is 17.0 Å². The SMILES string of the molecule is Cc1ccc2[nH]c3c(=O)n(CC(=O)N4CCN(c5cccc(C(F)(F)F)c5)CC4)cnc3c2c1. The van der Waals surface area contributed by atoms with Crippen molar-refractivity contribution < 1.29 is 18.0 Å². The molecule has 2 aromatic heterocycles. The second kappa shape index (κ2) is 8.19. The van der Waals surface area contributed by atoms with Crippen LogP contribution in [-0.4, -0.2) is 51.5 Å². The van der Waals surface area contributed by atoms with E-state index in [1.54, 1.807) is 11.0 Å². The van der Waals surface area contributed by atoms with Gasteiger partial charge in [-0.25, -0.2) is 4.98 Å². The van der Waals surface area contributed by atoms with Gasteiger partial charge in [-0.1, -0.05) is 17.7 Å². The average molecular weight is 469 g/mol. The van der Waals surface area contributed by atoms with E-state index >= 15 is 0 Å². The number of carbonyl (C=O) groups excluding carboxylic acids is 1. The highest BCUT2D eigenvalue weighted by Crippen LogP contribution is 2.32. The molecule has 1 aliphatic rings. The first-order chi connectivity index (χ1) is 16.2. The number of carbonyl (C=O) groups is 1. The van der Waals surface area contributed by atoms with Gasteiger partial charge < -0.3 is 14.8 Å². The van der Waals surface area contributed by atoms with Crippen LogP contribution in [0.15, 0.2) is 53.6 Å². The lowest BCUT2D eigenvalue weighted by Gasteiger charge is -2.36. The Balaban J connectivity index is 1.29. The first-order valence-electron chi connectivity index (χ1n) is 10.9. The van der Waals surface area contributed by atoms with E-state index < -0.39 is 11.7 Å². The molecule has 2 aromatic carbocycles. The molecular formula is C24H22F3N5O2. The highest BCUT2D eigenvalue weighted by atomic mass is 19.4. The third-order valence-electron chi connectivity index (χ3n) is 6.20. The Labute approximate surface area is 192 Å². The second-order valence-electron chi connectivity index (χ2n) is 8.49. The number of piperazine rings is 1. The maximum Gasteiger partial charge on any atom is 0.416 e. The lowest BCUT2D eigenvalue weighted by molar-refractivity contribution is -0.137. The summed E-state index contributed by atoms with van der Waals surface area (Å²) >= 11 is 0. The minimum Gasteiger partial charge on any atom is -0.368 e. The molecule has 0 radical (unpaired) electrons. The van der Waals surface area contributed by atoms with Gasteiger partial charge in [0.15, 0.2) is 0 Å². The number of alkyl halides is 3. The number of nitrogens with zero attached hydrogens (tertiary/aromatic N) is 4. The molecule has 5 rings (SSSR count). The number of nitrogens with one attached hydrogen (secondary N) is 1. The van der Waals surface area contributed by atoms with E-state index in [2.05, 4.69) is 9.97 Å². The molecule has 1 N–H and O–H groups in total. The second-order valence-corrected chi connectivity index (χ2v) is 8.49. The molecule has 0 saturated carbocycles. The van der Waals surface area contributed by atoms with Crippen LogP contribution in [-0.2, 0) is 17.5 Å². The number of aromatic nitrogens is 3. The van der Waals surface area contributed by atoms with Crippen molar-refractivity contribution in [3.63, 3.8) is 0 Å². The molecule has 1 aliphatic heterocycles. The summed E-state index contributed by atoms with van der Waals surface area (Å²) in [5.74, 6) is -0.237. The summed E-state index contributed by atoms with van der Waals surface area (Å²) in [6.07, 6.45) is -3.02. The number of aryl methyl sites for hydroxylation is 1. The summed E-state index contributed by atoms with van der Waals surface area (Å²) in [6, 6.07) is 11.0. The van der Waals surface area contributed by atoms with E-state index in [-0.39, 0.29) is 18.0 Å². The maximum absolute atomic E-state index is 13.0. The van der Waals surface area contributed by atoms with Gasteiger partial charge in [0, 0.05) is 42.8 Å². The average Bonchev–Trinajstić information content (AvgIpc) is 3.19. The molecule has 7 nitrogen and oxygen atoms in total. The number of amides is 1. The molecule has 4 aromatic rings. The summed E-state index contributed by atoms with van der Waals surface area (Å²) in [5, 5.41) is 0.858. The highest BCUT2D eigenvalue weighted by molar-refractivity contribution is 6.04. The lowest BCUT2D eigenvalue weighted by Crippen LogP contribution is -2.50. The number of fused-ring (bicyclic) bond motifs is 3. The van der Waals surface area contributed by atoms with Gasteiger partial charge in [0.1, 0.15) is 17.6 Å². The number of halogens is 3. The van der Waals surface area contributed by atoms with Gasteiger partial charge in [-0.05, 0) is 37.3 Å². The number of anilines is 1. The monoisotopic (exact) mass is 469 g/mol. The molecule has 1 fully saturated rings. The van der Waals surface area contributed by atoms with Crippen molar-refractivity contribution in [2.24, 2.45) is 0 Å². The summed E-state index contributed by atoms with van der Waals surface area (Å²) in [7, 11) is 0. The summed E-state index contributed by atoms with van der Waals surface area (Å²) in [5.41, 5.74) is 2.24. The Hall–Kier alpha value is -3.82. The normalized spacial score (nSPS) is 14.8. The molecule has 1 saturated heterocycles. The third-order valence-corrected chi connectivity index (χ3v) is 6.20. The van der Waals surface area contributed by atoms with Gasteiger partial charge in [-0.3, -0.25) is 14.2 Å². The molecule has 0 spiro atoms. The van der Waals surface area contributed by atoms with Crippen molar-refractivity contribution in [2.75, 3.05) is 31.1 Å². The van der Waals surface area contributed by atoms with Crippen molar-refractivity contribution in [1.29, 1.82) is 0 Å². The predicted octanol–water partition coefficient (Wildman–Crippen LogP) is 3.55. The zero-order valence-electron chi connectivity index (χ0n) is 18.4. The molecule has 176 valence electrons. The molecule has 3 heterocycles. The number of H-pyrrole nitrogens is 1. The van der Waals surface area contributed by atoms with Crippen LogP contribution < -0.4 is 10.5 Å². The molecule has 10 heteroatoms. The van der Waals surface area contributed by atoms with Crippen LogP contribution in [0.3, 0.4) is 0 Å². The minimum atomic E-state index is -4.40. The third kappa shape index (κ3) is 4.00. The first kappa shape index (κ1) is 22.0. The van der Waals surface area contributed by atoms with E-state index in [1.807, 2.05) is 30.0 Å². The van der Waals surface area contributed by atoms with Crippen LogP contribution in [0.5, 0.6) is 0 Å². The number of rotatable bonds is 3. The van der Waals surface area contributed by atoms with Gasteiger partial charge >= 0.3 is 6.18 Å². The highest BCUT2D eigenvalue weighted by Gasteiger charge is 2.31. The largest absolute Gasteiger partial charge is 0.416 e. The van der Waals surface area contributed by atoms with Crippen LogP contribution in [0.2, 0.25) is 0 Å². The Morgan fingerprint density at radius 2 is 1.85 bits per heavy atom. The number of benzene rings is 2. The molecule has 0 unspecified atom stereocenters. The summed E-state index contributed by atoms with van der Waals surface area (Å²) in [6.45, 7) is 3.32. The Morgan fingerprint density at radius 1 is 1.09 bits per heavy atom. The van der Waals surface area contributed by atoms with Gasteiger partial charge in [-0.15, -0.1) is 0 Å². The fourth-order valence-electron chi connectivity index (χ4n) is 4.36. The van der Waals surface area contributed by atoms with Crippen LogP contribution in [0.25, 0.3) is 21.9 Å². The number of hydrogen-bond acceptors (Lipinski definition) is 4. The lowest BCUT2D eigenvalue weighted by atomic mass is 10.1. The first-order valence-corrected chi connectivity index (χ1v) is 10.9. The Bertz CT molecular complexity index is 1450. The molecule has 0 bridgehead atoms. The van der Waals surface area contributed by atoms with E-state index in [4.69, 9.17) is 0 Å². The van der Waals surface area contributed by atoms with Crippen molar-refractivity contribution >= 4 is 33.5 Å². The zero-order chi connectivity index (χ0) is 24.0. The molecule has 0 atom stereocenters. The summed E-state index contributed by atoms with van der Waals surface area (Å²) in [4.78, 5) is 36.8. The van der Waals surface area contributed by atoms with Gasteiger partial charge in [0.2, 0.25) is 5.91 Å². The molecular weight excluding hydrogens is 447 g/mol. The van der Waals surface area contributed by atoms with E-state index in [9.17, 15) is 22.8 Å². The van der Waals surface area contributed by atoms with E-state index in [0.29, 0.717) is 42.9 Å². The van der Waals surface area contributed by atoms with Crippen LogP contribution >= 0.6 is 0 Å². The Kier molecular flexibility index (Phi) is 5.30. The standard InChI is InChI=1S/C24H22F3N5O2/c1-15-5-6-19-18(11-15)21-22(29-19)23(34)32(14-28-21)13-20(33)31-9-7-30(8-10-31)17-4-2-3-16(12-17)24(25,26)27/h2-6,11-12,14,29H,7-10,13H2,1H3. The van der Waals surface area contributed by atoms with E-state index in [0.717, 1.165) is 28.6 Å². The molecule has 0 aliphatic carbocycles. The Morgan fingerprint density at radius 3 is 2.59 bits per heavy atom. The van der Waals surface area contributed by atoms with Gasteiger partial charge in [-0.2, -0.15) is 13.2 Å². The van der Waals surface area contributed by atoms with Crippen molar-refractivity contribution in [1.82, 2.24) is 19.4 Å². The zero-order valence-corrected chi connectivity index (χ0v) is 18.4. The summed E-state index contributed by atoms with van der Waals surface area (Å²) < 4.78 is 40.3. The number of hydrogen-bond donors (Lipinski definition) is 1. The smallest absolute Gasteiger partial charge is 0.368 e. The molecule has 34 heavy (non-hydrogen) atoms. The maximum atomic E-state index is 13.0. The van der Waals surface area contributed by atoms with Crippen LogP contribution in [0.1, 0.15) is 11.1 Å². The van der Waals surface area contributed by atoms with Crippen molar-refractivity contribution in [3.05, 3.63) is 70.3 Å². The van der Waals surface area contributed by atoms with Crippen LogP contribution in [0, 0.1) is 6.92 Å². The fourth-order valence-corrected chi connectivity index (χ4v) is 4.36. The van der Waals surface area contributed by atoms with Crippen molar-refractivity contribution in [2.45, 2.75) is 19.6 Å². The molecule has 1 amide bonds.